The summed E-state index contributed by atoms with van der Waals surface area (Å²) in [7, 11) is -3.77. The van der Waals surface area contributed by atoms with Crippen molar-refractivity contribution in [1.29, 1.82) is 0 Å². The molecule has 2 amide bonds. The Bertz CT molecular complexity index is 798. The van der Waals surface area contributed by atoms with Crippen molar-refractivity contribution < 1.29 is 31.2 Å². The van der Waals surface area contributed by atoms with Crippen LogP contribution < -0.4 is 19.7 Å². The topological polar surface area (TPSA) is 108 Å². The second-order valence-corrected chi connectivity index (χ2v) is 7.16. The summed E-state index contributed by atoms with van der Waals surface area (Å²) in [5, 5.41) is 4.31. The molecule has 0 saturated heterocycles. The van der Waals surface area contributed by atoms with Gasteiger partial charge in [0.1, 0.15) is 12.5 Å². The highest BCUT2D eigenvalue weighted by molar-refractivity contribution is 7.94. The molecule has 0 bridgehead atoms. The van der Waals surface area contributed by atoms with Crippen molar-refractivity contribution in [1.82, 2.24) is 10.6 Å². The van der Waals surface area contributed by atoms with Crippen LogP contribution in [0.1, 0.15) is 13.3 Å². The molecule has 1 atom stereocenters. The van der Waals surface area contributed by atoms with Gasteiger partial charge >= 0.3 is 16.4 Å². The number of carbonyl (C=O) groups is 2. The predicted molar refractivity (Wildman–Crippen MR) is 87.6 cm³/mol. The van der Waals surface area contributed by atoms with E-state index < -0.39 is 40.7 Å². The Morgan fingerprint density at radius 3 is 2.58 bits per heavy atom. The van der Waals surface area contributed by atoms with Crippen molar-refractivity contribution >= 4 is 33.4 Å². The molecule has 8 nitrogen and oxygen atoms in total. The second-order valence-electron chi connectivity index (χ2n) is 5.57. The fourth-order valence-corrected chi connectivity index (χ4v) is 3.63. The van der Waals surface area contributed by atoms with Gasteiger partial charge in [0.25, 0.3) is 0 Å². The Labute approximate surface area is 147 Å². The van der Waals surface area contributed by atoms with Crippen LogP contribution in [0, 0.1) is 0 Å². The molecule has 0 fully saturated rings. The number of hydrogen-bond acceptors (Lipinski definition) is 4. The van der Waals surface area contributed by atoms with Crippen molar-refractivity contribution in [2.75, 3.05) is 22.1 Å². The summed E-state index contributed by atoms with van der Waals surface area (Å²) in [5.41, 5.74) is 0.833. The minimum atomic E-state index is -4.66. The van der Waals surface area contributed by atoms with Crippen molar-refractivity contribution in [3.8, 4) is 0 Å². The molecule has 2 rings (SSSR count). The molecule has 1 aliphatic heterocycles. The van der Waals surface area contributed by atoms with E-state index in [0.717, 1.165) is 4.31 Å². The van der Waals surface area contributed by atoms with Gasteiger partial charge in [0.15, 0.2) is 0 Å². The Balaban J connectivity index is 1.85. The maximum Gasteiger partial charge on any atom is 0.397 e. The van der Waals surface area contributed by atoms with Gasteiger partial charge in [-0.1, -0.05) is 12.1 Å². The molecular weight excluding hydrogens is 377 g/mol. The van der Waals surface area contributed by atoms with Gasteiger partial charge < -0.3 is 10.6 Å². The molecule has 1 aromatic carbocycles. The molecule has 1 aliphatic rings. The van der Waals surface area contributed by atoms with Gasteiger partial charge in [0.2, 0.25) is 11.8 Å². The minimum Gasteiger partial charge on any atom is -0.353 e. The lowest BCUT2D eigenvalue weighted by molar-refractivity contribution is -0.155. The van der Waals surface area contributed by atoms with E-state index in [1.54, 1.807) is 24.3 Å². The molecule has 0 spiro atoms. The number of halogens is 3. The highest BCUT2D eigenvalue weighted by atomic mass is 32.2. The Hall–Kier alpha value is -2.50. The van der Waals surface area contributed by atoms with E-state index in [1.807, 2.05) is 5.32 Å². The largest absolute Gasteiger partial charge is 0.397 e. The molecule has 0 aromatic heterocycles. The Morgan fingerprint density at radius 2 is 1.92 bits per heavy atom. The lowest BCUT2D eigenvalue weighted by Gasteiger charge is -2.19. The van der Waals surface area contributed by atoms with Crippen LogP contribution in [0.3, 0.4) is 0 Å². The SMILES string of the molecule is CC(NC(=O)CC(F)(F)F)C(=O)NCCN1c2ccccc2NS1(=O)=O. The molecule has 26 heavy (non-hydrogen) atoms. The first-order valence-corrected chi connectivity index (χ1v) is 8.97. The number of rotatable bonds is 6. The van der Waals surface area contributed by atoms with Gasteiger partial charge in [-0.2, -0.15) is 21.6 Å². The van der Waals surface area contributed by atoms with Gasteiger partial charge in [0.05, 0.1) is 17.9 Å². The van der Waals surface area contributed by atoms with E-state index in [9.17, 15) is 31.2 Å². The third-order valence-corrected chi connectivity index (χ3v) is 4.89. The number of anilines is 2. The summed E-state index contributed by atoms with van der Waals surface area (Å²) < 4.78 is 63.8. The van der Waals surface area contributed by atoms with Crippen LogP contribution >= 0.6 is 0 Å². The van der Waals surface area contributed by atoms with Crippen LogP contribution in [-0.4, -0.2) is 45.5 Å². The van der Waals surface area contributed by atoms with Crippen LogP contribution in [0.15, 0.2) is 24.3 Å². The molecule has 144 valence electrons. The summed E-state index contributed by atoms with van der Waals surface area (Å²) in [6.07, 6.45) is -6.34. The number of alkyl halides is 3. The molecular formula is C14H17F3N4O4S. The number of para-hydroxylation sites is 2. The number of hydrogen-bond donors (Lipinski definition) is 3. The van der Waals surface area contributed by atoms with Gasteiger partial charge in [-0.15, -0.1) is 0 Å². The predicted octanol–water partition coefficient (Wildman–Crippen LogP) is 0.737. The zero-order valence-electron chi connectivity index (χ0n) is 13.6. The molecule has 12 heteroatoms. The Kier molecular flexibility index (Phi) is 5.64. The van der Waals surface area contributed by atoms with E-state index in [2.05, 4.69) is 10.0 Å². The Morgan fingerprint density at radius 1 is 1.27 bits per heavy atom. The number of fused-ring (bicyclic) bond motifs is 1. The number of nitrogens with zero attached hydrogens (tertiary/aromatic N) is 1. The number of benzene rings is 1. The van der Waals surface area contributed by atoms with Crippen molar-refractivity contribution in [2.45, 2.75) is 25.6 Å². The molecule has 1 aromatic rings. The van der Waals surface area contributed by atoms with Gasteiger partial charge in [-0.05, 0) is 19.1 Å². The second kappa shape index (κ2) is 7.40. The molecule has 1 unspecified atom stereocenters. The smallest absolute Gasteiger partial charge is 0.353 e. The lowest BCUT2D eigenvalue weighted by atomic mass is 10.2. The first-order chi connectivity index (χ1) is 12.0. The van der Waals surface area contributed by atoms with E-state index in [1.165, 1.54) is 6.92 Å². The highest BCUT2D eigenvalue weighted by Gasteiger charge is 2.33. The van der Waals surface area contributed by atoms with Crippen molar-refractivity contribution in [2.24, 2.45) is 0 Å². The van der Waals surface area contributed by atoms with Crippen LogP contribution in [0.2, 0.25) is 0 Å². The van der Waals surface area contributed by atoms with E-state index in [4.69, 9.17) is 0 Å². The highest BCUT2D eigenvalue weighted by Crippen LogP contribution is 2.34. The van der Waals surface area contributed by atoms with E-state index >= 15 is 0 Å². The maximum absolute atomic E-state index is 12.1. The first-order valence-electron chi connectivity index (χ1n) is 7.53. The fraction of sp³-hybridized carbons (Fsp3) is 0.429. The van der Waals surface area contributed by atoms with Crippen molar-refractivity contribution in [3.63, 3.8) is 0 Å². The summed E-state index contributed by atoms with van der Waals surface area (Å²) in [4.78, 5) is 23.0. The maximum atomic E-state index is 12.1. The summed E-state index contributed by atoms with van der Waals surface area (Å²) >= 11 is 0. The average Bonchev–Trinajstić information content (AvgIpc) is 2.75. The number of amides is 2. The van der Waals surface area contributed by atoms with Gasteiger partial charge in [-0.3, -0.25) is 14.3 Å². The number of nitrogens with one attached hydrogen (secondary N) is 3. The monoisotopic (exact) mass is 394 g/mol. The molecule has 1 heterocycles. The number of carbonyl (C=O) groups excluding carboxylic acids is 2. The van der Waals surface area contributed by atoms with Gasteiger partial charge in [0, 0.05) is 6.54 Å². The van der Waals surface area contributed by atoms with Crippen LogP contribution in [0.4, 0.5) is 24.5 Å². The zero-order chi connectivity index (χ0) is 19.5. The quantitative estimate of drug-likeness (QED) is 0.661. The van der Waals surface area contributed by atoms with E-state index in [-0.39, 0.29) is 13.1 Å². The van der Waals surface area contributed by atoms with Crippen LogP contribution in [0.5, 0.6) is 0 Å². The van der Waals surface area contributed by atoms with Crippen LogP contribution in [-0.2, 0) is 19.8 Å². The summed E-state index contributed by atoms with van der Waals surface area (Å²) in [6, 6.07) is 5.31. The molecule has 0 radical (unpaired) electrons. The molecule has 3 N–H and O–H groups in total. The minimum absolute atomic E-state index is 0.0820. The average molecular weight is 394 g/mol. The fourth-order valence-electron chi connectivity index (χ4n) is 2.32. The zero-order valence-corrected chi connectivity index (χ0v) is 14.4. The standard InChI is InChI=1S/C14H17F3N4O4S/c1-9(19-12(22)8-14(15,16)17)13(23)18-6-7-21-11-5-3-2-4-10(11)20-26(21,24)25/h2-5,9,20H,6-8H2,1H3,(H,18,23)(H,19,22). The molecule has 0 aliphatic carbocycles. The first kappa shape index (κ1) is 19.8. The normalized spacial score (nSPS) is 16.4. The van der Waals surface area contributed by atoms with Gasteiger partial charge in [-0.25, -0.2) is 4.31 Å². The van der Waals surface area contributed by atoms with E-state index in [0.29, 0.717) is 11.4 Å². The lowest BCUT2D eigenvalue weighted by Crippen LogP contribution is -2.47. The summed E-state index contributed by atoms with van der Waals surface area (Å²) in [5.74, 6) is -2.04. The van der Waals surface area contributed by atoms with Crippen molar-refractivity contribution in [3.05, 3.63) is 24.3 Å². The third kappa shape index (κ3) is 5.00. The molecule has 0 saturated carbocycles. The third-order valence-electron chi connectivity index (χ3n) is 3.45. The van der Waals surface area contributed by atoms with Crippen LogP contribution in [0.25, 0.3) is 0 Å². The summed E-state index contributed by atoms with van der Waals surface area (Å²) in [6.45, 7) is 1.06.